The number of hydrogen-bond acceptors (Lipinski definition) is 8. The number of aliphatic carboxylic acids is 1. The van der Waals surface area contributed by atoms with Crippen LogP contribution in [0.3, 0.4) is 0 Å². The molecule has 44 heavy (non-hydrogen) atoms. The number of carboxylic acid groups (broad SMARTS) is 1. The second-order valence-electron chi connectivity index (χ2n) is 10.6. The Morgan fingerprint density at radius 2 is 1.93 bits per heavy atom. The third kappa shape index (κ3) is 7.03. The monoisotopic (exact) mass is 610 g/mol. The quantitative estimate of drug-likeness (QED) is 0.148. The molecule has 5 rings (SSSR count). The second kappa shape index (κ2) is 13.5. The molecule has 0 saturated carbocycles. The standard InChI is InChI=1S/C32H33F3N4O5/c1-42-30(25(17-36)31(40)41)38-28-7-3-6-27(37-28)24-4-2-5-26(32(33,34)35)29(24)44-19-20-8-9-22-18-39(13-10-21(22)16-20)23-11-14-43-15-12-23/h2-9,16-17,23,36H,10-15,18-19H2,1H3,(H,37,38)(H,40,41)/b30-25-,36-17?. The van der Waals surface area contributed by atoms with Crippen LogP contribution in [0.2, 0.25) is 0 Å². The molecule has 0 aliphatic carbocycles. The Kier molecular flexibility index (Phi) is 9.50. The number of alkyl halides is 3. The van der Waals surface area contributed by atoms with Crippen LogP contribution in [-0.4, -0.2) is 60.1 Å². The minimum Gasteiger partial charge on any atom is -0.488 e. The number of benzene rings is 2. The summed E-state index contributed by atoms with van der Waals surface area (Å²) in [6.07, 6.45) is -1.17. The first-order valence-corrected chi connectivity index (χ1v) is 14.2. The Morgan fingerprint density at radius 1 is 1.16 bits per heavy atom. The van der Waals surface area contributed by atoms with Crippen molar-refractivity contribution >= 4 is 18.0 Å². The van der Waals surface area contributed by atoms with Crippen LogP contribution in [0, 0.1) is 5.41 Å². The summed E-state index contributed by atoms with van der Waals surface area (Å²) in [5.41, 5.74) is 2.04. The van der Waals surface area contributed by atoms with Crippen LogP contribution in [0.1, 0.15) is 35.1 Å². The lowest BCUT2D eigenvalue weighted by atomic mass is 9.95. The Bertz CT molecular complexity index is 1550. The molecule has 0 unspecified atom stereocenters. The Balaban J connectivity index is 1.40. The maximum Gasteiger partial charge on any atom is 0.419 e. The number of rotatable bonds is 10. The van der Waals surface area contributed by atoms with Crippen molar-refractivity contribution in [3.8, 4) is 17.0 Å². The SMILES string of the molecule is CO/C(Nc1cccc(-c2cccc(C(F)(F)F)c2OCc2ccc3c(c2)CCN(C2CCOCC2)C3)n1)=C(/C=N)C(=O)O. The zero-order valence-electron chi connectivity index (χ0n) is 24.1. The van der Waals surface area contributed by atoms with Crippen LogP contribution in [-0.2, 0) is 40.0 Å². The van der Waals surface area contributed by atoms with Crippen molar-refractivity contribution in [3.63, 3.8) is 0 Å². The van der Waals surface area contributed by atoms with E-state index in [0.29, 0.717) is 12.3 Å². The van der Waals surface area contributed by atoms with Crippen LogP contribution in [0.4, 0.5) is 19.0 Å². The molecule has 2 aromatic carbocycles. The molecule has 9 nitrogen and oxygen atoms in total. The highest BCUT2D eigenvalue weighted by molar-refractivity contribution is 6.08. The molecular formula is C32H33F3N4O5. The van der Waals surface area contributed by atoms with E-state index in [1.54, 1.807) is 6.07 Å². The molecule has 0 spiro atoms. The minimum absolute atomic E-state index is 0.0765. The van der Waals surface area contributed by atoms with Crippen LogP contribution >= 0.6 is 0 Å². The topological polar surface area (TPSA) is 117 Å². The van der Waals surface area contributed by atoms with Gasteiger partial charge in [-0.15, -0.1) is 0 Å². The van der Waals surface area contributed by atoms with Crippen LogP contribution in [0.15, 0.2) is 66.1 Å². The molecule has 0 bridgehead atoms. The van der Waals surface area contributed by atoms with E-state index in [9.17, 15) is 23.1 Å². The van der Waals surface area contributed by atoms with Gasteiger partial charge in [0.1, 0.15) is 23.7 Å². The van der Waals surface area contributed by atoms with Gasteiger partial charge >= 0.3 is 12.1 Å². The number of fused-ring (bicyclic) bond motifs is 1. The van der Waals surface area contributed by atoms with Crippen LogP contribution in [0.5, 0.6) is 5.75 Å². The first kappa shape index (κ1) is 31.0. The van der Waals surface area contributed by atoms with Gasteiger partial charge in [0.15, 0.2) is 0 Å². The summed E-state index contributed by atoms with van der Waals surface area (Å²) >= 11 is 0. The van der Waals surface area contributed by atoms with Crippen molar-refractivity contribution in [1.82, 2.24) is 9.88 Å². The molecule has 3 aromatic rings. The van der Waals surface area contributed by atoms with Crippen molar-refractivity contribution in [1.29, 1.82) is 5.41 Å². The first-order valence-electron chi connectivity index (χ1n) is 14.2. The summed E-state index contributed by atoms with van der Waals surface area (Å²) in [5.74, 6) is -1.90. The lowest BCUT2D eigenvalue weighted by molar-refractivity contribution is -0.139. The highest BCUT2D eigenvalue weighted by Gasteiger charge is 2.36. The summed E-state index contributed by atoms with van der Waals surface area (Å²) in [7, 11) is 1.22. The Labute approximate surface area is 252 Å². The zero-order chi connectivity index (χ0) is 31.3. The molecule has 1 fully saturated rings. The van der Waals surface area contributed by atoms with Gasteiger partial charge in [-0.1, -0.05) is 30.3 Å². The van der Waals surface area contributed by atoms with E-state index in [0.717, 1.165) is 57.2 Å². The number of para-hydroxylation sites is 1. The molecule has 3 heterocycles. The second-order valence-corrected chi connectivity index (χ2v) is 10.6. The summed E-state index contributed by atoms with van der Waals surface area (Å²) < 4.78 is 59.0. The summed E-state index contributed by atoms with van der Waals surface area (Å²) in [6.45, 7) is 3.25. The molecule has 232 valence electrons. The number of methoxy groups -OCH3 is 1. The van der Waals surface area contributed by atoms with E-state index < -0.39 is 23.3 Å². The minimum atomic E-state index is -4.68. The average Bonchev–Trinajstić information content (AvgIpc) is 3.03. The molecule has 0 atom stereocenters. The number of pyridine rings is 1. The fraction of sp³-hybridized carbons (Fsp3) is 0.344. The third-order valence-corrected chi connectivity index (χ3v) is 7.81. The largest absolute Gasteiger partial charge is 0.488 e. The molecule has 2 aliphatic heterocycles. The number of carboxylic acids is 1. The molecule has 0 amide bonds. The van der Waals surface area contributed by atoms with Gasteiger partial charge in [-0.3, -0.25) is 4.90 Å². The molecular weight excluding hydrogens is 577 g/mol. The fourth-order valence-corrected chi connectivity index (χ4v) is 5.58. The van der Waals surface area contributed by atoms with E-state index in [1.807, 2.05) is 18.2 Å². The number of anilines is 1. The first-order chi connectivity index (χ1) is 21.2. The highest BCUT2D eigenvalue weighted by Crippen LogP contribution is 2.42. The molecule has 3 N–H and O–H groups in total. The van der Waals surface area contributed by atoms with E-state index in [4.69, 9.17) is 19.6 Å². The van der Waals surface area contributed by atoms with Crippen molar-refractivity contribution < 1.29 is 37.3 Å². The van der Waals surface area contributed by atoms with Gasteiger partial charge < -0.3 is 30.0 Å². The van der Waals surface area contributed by atoms with Crippen molar-refractivity contribution in [3.05, 3.63) is 88.3 Å². The number of nitrogens with one attached hydrogen (secondary N) is 2. The number of hydrogen-bond donors (Lipinski definition) is 3. The molecule has 2 aliphatic rings. The lowest BCUT2D eigenvalue weighted by Gasteiger charge is -2.37. The number of ether oxygens (including phenoxy) is 3. The maximum absolute atomic E-state index is 14.2. The normalized spacial score (nSPS) is 16.5. The van der Waals surface area contributed by atoms with Gasteiger partial charge in [-0.2, -0.15) is 13.2 Å². The number of nitrogens with zero attached hydrogens (tertiary/aromatic N) is 2. The van der Waals surface area contributed by atoms with Gasteiger partial charge in [-0.25, -0.2) is 9.78 Å². The van der Waals surface area contributed by atoms with E-state index in [2.05, 4.69) is 15.2 Å². The number of aromatic nitrogens is 1. The number of carbonyl (C=O) groups is 1. The van der Waals surface area contributed by atoms with Gasteiger partial charge in [0.25, 0.3) is 0 Å². The summed E-state index contributed by atoms with van der Waals surface area (Å²) in [6, 6.07) is 14.8. The fourth-order valence-electron chi connectivity index (χ4n) is 5.58. The van der Waals surface area contributed by atoms with Crippen molar-refractivity contribution in [2.75, 3.05) is 32.2 Å². The van der Waals surface area contributed by atoms with Gasteiger partial charge in [0.05, 0.1) is 18.4 Å². The summed E-state index contributed by atoms with van der Waals surface area (Å²) in [5, 5.41) is 19.4. The van der Waals surface area contributed by atoms with Crippen LogP contribution < -0.4 is 10.1 Å². The Hall–Kier alpha value is -4.42. The van der Waals surface area contributed by atoms with Crippen LogP contribution in [0.25, 0.3) is 11.3 Å². The van der Waals surface area contributed by atoms with Gasteiger partial charge in [0.2, 0.25) is 5.88 Å². The molecule has 12 heteroatoms. The predicted octanol–water partition coefficient (Wildman–Crippen LogP) is 5.89. The van der Waals surface area contributed by atoms with Crippen molar-refractivity contribution in [2.24, 2.45) is 0 Å². The Morgan fingerprint density at radius 3 is 2.64 bits per heavy atom. The maximum atomic E-state index is 14.2. The summed E-state index contributed by atoms with van der Waals surface area (Å²) in [4.78, 5) is 18.3. The molecule has 1 saturated heterocycles. The zero-order valence-corrected chi connectivity index (χ0v) is 24.1. The predicted molar refractivity (Wildman–Crippen MR) is 157 cm³/mol. The smallest absolute Gasteiger partial charge is 0.419 e. The molecule has 0 radical (unpaired) electrons. The third-order valence-electron chi connectivity index (χ3n) is 7.81. The average molecular weight is 611 g/mol. The van der Waals surface area contributed by atoms with Crippen molar-refractivity contribution in [2.45, 2.75) is 44.6 Å². The highest BCUT2D eigenvalue weighted by atomic mass is 19.4. The van der Waals surface area contributed by atoms with Gasteiger partial charge in [-0.05, 0) is 60.2 Å². The lowest BCUT2D eigenvalue weighted by Crippen LogP contribution is -2.42. The molecule has 1 aromatic heterocycles. The van der Waals surface area contributed by atoms with E-state index >= 15 is 0 Å². The van der Waals surface area contributed by atoms with E-state index in [1.165, 1.54) is 42.5 Å². The van der Waals surface area contributed by atoms with E-state index in [-0.39, 0.29) is 35.3 Å². The van der Waals surface area contributed by atoms with Gasteiger partial charge in [0, 0.05) is 44.1 Å². The number of halogens is 3.